The third-order valence-corrected chi connectivity index (χ3v) is 5.86. The highest BCUT2D eigenvalue weighted by molar-refractivity contribution is 5.91. The van der Waals surface area contributed by atoms with Gasteiger partial charge in [0.2, 0.25) is 12.1 Å². The Hall–Kier alpha value is -2.04. The summed E-state index contributed by atoms with van der Waals surface area (Å²) in [5.41, 5.74) is -1.16. The fourth-order valence-electron chi connectivity index (χ4n) is 4.64. The number of fused-ring (bicyclic) bond motifs is 1. The second kappa shape index (κ2) is 6.00. The van der Waals surface area contributed by atoms with Crippen LogP contribution in [0.5, 0.6) is 0 Å². The third kappa shape index (κ3) is 2.51. The van der Waals surface area contributed by atoms with E-state index in [1.54, 1.807) is 17.1 Å². The maximum absolute atomic E-state index is 13.2. The van der Waals surface area contributed by atoms with Crippen molar-refractivity contribution in [3.05, 3.63) is 12.2 Å². The lowest BCUT2D eigenvalue weighted by atomic mass is 9.78. The van der Waals surface area contributed by atoms with Gasteiger partial charge in [0.25, 0.3) is 0 Å². The fraction of sp³-hybridized carbons (Fsp3) is 0.688. The third-order valence-electron chi connectivity index (χ3n) is 5.86. The van der Waals surface area contributed by atoms with Gasteiger partial charge in [0.1, 0.15) is 5.60 Å². The van der Waals surface area contributed by atoms with Crippen LogP contribution in [0.3, 0.4) is 0 Å². The first-order valence-corrected chi connectivity index (χ1v) is 8.59. The molecule has 2 saturated heterocycles. The zero-order valence-corrected chi connectivity index (χ0v) is 14.0. The standard InChI is InChI=1S/C16H20FN3O6/c17-19-5-3-18(4-6-19)8-20-12(21)11-10(14(22)23)9-1-2-16(11,7-9)26-13(20)15(24)25/h1-2,9-11,13H,3-8H2,(H,22,23)(H,24,25). The minimum absolute atomic E-state index is 0.0308. The van der Waals surface area contributed by atoms with Crippen LogP contribution in [0.25, 0.3) is 0 Å². The summed E-state index contributed by atoms with van der Waals surface area (Å²) in [5, 5.41) is 19.8. The molecule has 10 heteroatoms. The van der Waals surface area contributed by atoms with E-state index in [4.69, 9.17) is 4.74 Å². The second-order valence-corrected chi connectivity index (χ2v) is 7.31. The summed E-state index contributed by atoms with van der Waals surface area (Å²) in [6, 6.07) is 0. The molecule has 0 aromatic carbocycles. The van der Waals surface area contributed by atoms with Crippen LogP contribution < -0.4 is 0 Å². The van der Waals surface area contributed by atoms with E-state index in [1.165, 1.54) is 0 Å². The van der Waals surface area contributed by atoms with Gasteiger partial charge in [-0.1, -0.05) is 12.2 Å². The average molecular weight is 369 g/mol. The van der Waals surface area contributed by atoms with Crippen molar-refractivity contribution in [3.63, 3.8) is 0 Å². The van der Waals surface area contributed by atoms with Gasteiger partial charge in [0, 0.05) is 26.2 Å². The summed E-state index contributed by atoms with van der Waals surface area (Å²) in [5.74, 6) is -5.11. The average Bonchev–Trinajstić information content (AvgIpc) is 3.14. The van der Waals surface area contributed by atoms with Crippen molar-refractivity contribution in [2.75, 3.05) is 32.8 Å². The van der Waals surface area contributed by atoms with E-state index in [0.29, 0.717) is 24.6 Å². The van der Waals surface area contributed by atoms with Gasteiger partial charge in [0.05, 0.1) is 18.5 Å². The highest BCUT2D eigenvalue weighted by Crippen LogP contribution is 2.56. The van der Waals surface area contributed by atoms with E-state index in [2.05, 4.69) is 0 Å². The van der Waals surface area contributed by atoms with Crippen LogP contribution in [0.4, 0.5) is 4.48 Å². The van der Waals surface area contributed by atoms with Gasteiger partial charge in [-0.3, -0.25) is 19.4 Å². The normalized spacial score (nSPS) is 40.0. The van der Waals surface area contributed by atoms with Crippen molar-refractivity contribution in [1.29, 1.82) is 0 Å². The Morgan fingerprint density at radius 2 is 1.92 bits per heavy atom. The fourth-order valence-corrected chi connectivity index (χ4v) is 4.64. The lowest BCUT2D eigenvalue weighted by Crippen LogP contribution is -2.65. The van der Waals surface area contributed by atoms with Gasteiger partial charge in [0.15, 0.2) is 0 Å². The number of hydrogen-bond donors (Lipinski definition) is 2. The molecule has 2 bridgehead atoms. The molecule has 0 radical (unpaired) electrons. The molecule has 3 fully saturated rings. The Labute approximate surface area is 148 Å². The Kier molecular flexibility index (Phi) is 4.01. The minimum Gasteiger partial charge on any atom is -0.481 e. The molecule has 1 saturated carbocycles. The van der Waals surface area contributed by atoms with Crippen LogP contribution in [0.15, 0.2) is 12.2 Å². The molecular formula is C16H20FN3O6. The van der Waals surface area contributed by atoms with Crippen LogP contribution >= 0.6 is 0 Å². The monoisotopic (exact) mass is 369 g/mol. The van der Waals surface area contributed by atoms with Crippen LogP contribution in [-0.4, -0.2) is 87.7 Å². The number of aliphatic carboxylic acids is 2. The highest BCUT2D eigenvalue weighted by atomic mass is 19.2. The number of rotatable bonds is 4. The van der Waals surface area contributed by atoms with Gasteiger partial charge >= 0.3 is 11.9 Å². The molecule has 4 aliphatic rings. The van der Waals surface area contributed by atoms with E-state index in [-0.39, 0.29) is 25.7 Å². The Bertz CT molecular complexity index is 679. The summed E-state index contributed by atoms with van der Waals surface area (Å²) in [6.07, 6.45) is 2.17. The summed E-state index contributed by atoms with van der Waals surface area (Å²) in [7, 11) is 0. The van der Waals surface area contributed by atoms with Crippen LogP contribution in [0.1, 0.15) is 6.42 Å². The van der Waals surface area contributed by atoms with E-state index < -0.39 is 41.5 Å². The molecule has 2 aliphatic carbocycles. The number of halogens is 1. The summed E-state index contributed by atoms with van der Waals surface area (Å²) in [6.45, 7) is 0.977. The summed E-state index contributed by atoms with van der Waals surface area (Å²) in [4.78, 5) is 39.4. The number of nitrogens with zero attached hydrogens (tertiary/aromatic N) is 3. The molecular weight excluding hydrogens is 349 g/mol. The molecule has 26 heavy (non-hydrogen) atoms. The number of carboxylic acid groups (broad SMARTS) is 2. The molecule has 0 aromatic heterocycles. The maximum Gasteiger partial charge on any atom is 0.354 e. The number of amides is 1. The van der Waals surface area contributed by atoms with Crippen LogP contribution in [0, 0.1) is 17.8 Å². The number of piperazine rings is 1. The zero-order chi connectivity index (χ0) is 18.6. The van der Waals surface area contributed by atoms with Crippen molar-refractivity contribution in [3.8, 4) is 0 Å². The zero-order valence-electron chi connectivity index (χ0n) is 14.0. The molecule has 2 aliphatic heterocycles. The Morgan fingerprint density at radius 1 is 1.23 bits per heavy atom. The van der Waals surface area contributed by atoms with Gasteiger partial charge in [-0.25, -0.2) is 4.79 Å². The number of carboxylic acids is 2. The SMILES string of the molecule is O=C(O)C1C2C=CC3(C2)OC(C(=O)O)N(CN2CCN(F)CC2)C(=O)C13. The van der Waals surface area contributed by atoms with Crippen molar-refractivity contribution in [1.82, 2.24) is 14.9 Å². The minimum atomic E-state index is -1.49. The van der Waals surface area contributed by atoms with Gasteiger partial charge in [-0.2, -0.15) is 0 Å². The van der Waals surface area contributed by atoms with Gasteiger partial charge in [-0.15, -0.1) is 9.60 Å². The molecule has 4 rings (SSSR count). The molecule has 1 spiro atoms. The first-order chi connectivity index (χ1) is 12.3. The molecule has 5 atom stereocenters. The maximum atomic E-state index is 13.2. The molecule has 0 aromatic rings. The molecule has 1 amide bonds. The number of ether oxygens (including phenoxy) is 1. The number of carbonyl (C=O) groups excluding carboxylic acids is 1. The summed E-state index contributed by atoms with van der Waals surface area (Å²) >= 11 is 0. The Balaban J connectivity index is 1.61. The Morgan fingerprint density at radius 3 is 2.54 bits per heavy atom. The molecule has 2 heterocycles. The van der Waals surface area contributed by atoms with E-state index >= 15 is 0 Å². The van der Waals surface area contributed by atoms with Crippen molar-refractivity contribution in [2.45, 2.75) is 18.2 Å². The molecule has 142 valence electrons. The van der Waals surface area contributed by atoms with Crippen LogP contribution in [-0.2, 0) is 19.1 Å². The lowest BCUT2D eigenvalue weighted by Gasteiger charge is -2.47. The number of carbonyl (C=O) groups is 3. The first-order valence-electron chi connectivity index (χ1n) is 8.59. The topological polar surface area (TPSA) is 111 Å². The van der Waals surface area contributed by atoms with Crippen molar-refractivity contribution in [2.24, 2.45) is 17.8 Å². The predicted octanol–water partition coefficient (Wildman–Crippen LogP) is -0.639. The van der Waals surface area contributed by atoms with Crippen molar-refractivity contribution < 1.29 is 33.8 Å². The van der Waals surface area contributed by atoms with E-state index in [0.717, 1.165) is 4.90 Å². The predicted molar refractivity (Wildman–Crippen MR) is 83.1 cm³/mol. The van der Waals surface area contributed by atoms with E-state index in [1.807, 2.05) is 0 Å². The van der Waals surface area contributed by atoms with Gasteiger partial charge < -0.3 is 14.9 Å². The lowest BCUT2D eigenvalue weighted by molar-refractivity contribution is -0.222. The largest absolute Gasteiger partial charge is 0.481 e. The molecule has 9 nitrogen and oxygen atoms in total. The molecule has 5 unspecified atom stereocenters. The van der Waals surface area contributed by atoms with Gasteiger partial charge in [-0.05, 0) is 12.3 Å². The number of hydrogen-bond acceptors (Lipinski definition) is 6. The summed E-state index contributed by atoms with van der Waals surface area (Å²) < 4.78 is 19.0. The second-order valence-electron chi connectivity index (χ2n) is 7.31. The first kappa shape index (κ1) is 17.4. The quantitative estimate of drug-likeness (QED) is 0.497. The van der Waals surface area contributed by atoms with Crippen molar-refractivity contribution >= 4 is 17.8 Å². The van der Waals surface area contributed by atoms with E-state index in [9.17, 15) is 29.1 Å². The smallest absolute Gasteiger partial charge is 0.354 e. The highest BCUT2D eigenvalue weighted by Gasteiger charge is 2.66. The molecule has 2 N–H and O–H groups in total. The number of allylic oxidation sites excluding steroid dienone is 1. The van der Waals surface area contributed by atoms with Crippen LogP contribution in [0.2, 0.25) is 0 Å².